The number of rotatable bonds is 10. The molecule has 0 aliphatic carbocycles. The normalized spacial score (nSPS) is 9.96. The molecule has 0 unspecified atom stereocenters. The Labute approximate surface area is 135 Å². The summed E-state index contributed by atoms with van der Waals surface area (Å²) in [6.45, 7) is 5.84. The van der Waals surface area contributed by atoms with Crippen LogP contribution in [0.1, 0.15) is 23.7 Å². The van der Waals surface area contributed by atoms with E-state index in [4.69, 9.17) is 14.2 Å². The standard InChI is InChI=1S/C17H20O6/c1-3-21-9-10-22-16(19)11-13(2)17(20)23-12-15(18)14-7-5-4-6-8-14/h4-8H,2-3,9-12H2,1H3. The molecule has 0 bridgehead atoms. The van der Waals surface area contributed by atoms with Crippen LogP contribution in [0.5, 0.6) is 0 Å². The lowest BCUT2D eigenvalue weighted by atomic mass is 10.1. The number of benzene rings is 1. The van der Waals surface area contributed by atoms with Crippen molar-refractivity contribution in [1.82, 2.24) is 0 Å². The van der Waals surface area contributed by atoms with Crippen LogP contribution >= 0.6 is 0 Å². The number of hydrogen-bond acceptors (Lipinski definition) is 6. The summed E-state index contributed by atoms with van der Waals surface area (Å²) < 4.78 is 14.7. The van der Waals surface area contributed by atoms with Crippen molar-refractivity contribution in [2.24, 2.45) is 0 Å². The van der Waals surface area contributed by atoms with Gasteiger partial charge in [0.2, 0.25) is 0 Å². The molecule has 23 heavy (non-hydrogen) atoms. The minimum absolute atomic E-state index is 0.0627. The van der Waals surface area contributed by atoms with Crippen molar-refractivity contribution >= 4 is 17.7 Å². The Kier molecular flexibility index (Phi) is 8.31. The van der Waals surface area contributed by atoms with E-state index in [1.165, 1.54) is 0 Å². The first-order chi connectivity index (χ1) is 11.0. The van der Waals surface area contributed by atoms with Gasteiger partial charge < -0.3 is 14.2 Å². The molecule has 0 fully saturated rings. The minimum Gasteiger partial charge on any atom is -0.463 e. The maximum absolute atomic E-state index is 11.8. The number of ketones is 1. The summed E-state index contributed by atoms with van der Waals surface area (Å²) in [4.78, 5) is 34.9. The predicted molar refractivity (Wildman–Crippen MR) is 82.9 cm³/mol. The lowest BCUT2D eigenvalue weighted by molar-refractivity contribution is -0.147. The van der Waals surface area contributed by atoms with Crippen molar-refractivity contribution in [1.29, 1.82) is 0 Å². The van der Waals surface area contributed by atoms with Gasteiger partial charge in [0.25, 0.3) is 0 Å². The highest BCUT2D eigenvalue weighted by Gasteiger charge is 2.16. The fourth-order valence-electron chi connectivity index (χ4n) is 1.60. The van der Waals surface area contributed by atoms with Crippen LogP contribution < -0.4 is 0 Å². The second-order valence-electron chi connectivity index (χ2n) is 4.56. The molecule has 0 saturated carbocycles. The second kappa shape index (κ2) is 10.3. The molecule has 0 atom stereocenters. The van der Waals surface area contributed by atoms with Crippen molar-refractivity contribution in [3.05, 3.63) is 48.0 Å². The van der Waals surface area contributed by atoms with Gasteiger partial charge in [0.05, 0.1) is 13.0 Å². The smallest absolute Gasteiger partial charge is 0.334 e. The molecule has 6 nitrogen and oxygen atoms in total. The van der Waals surface area contributed by atoms with E-state index in [-0.39, 0.29) is 24.4 Å². The molecule has 1 aromatic carbocycles. The first-order valence-electron chi connectivity index (χ1n) is 7.21. The summed E-state index contributed by atoms with van der Waals surface area (Å²) in [5.41, 5.74) is 0.383. The predicted octanol–water partition coefficient (Wildman–Crippen LogP) is 1.94. The Morgan fingerprint density at radius 3 is 2.39 bits per heavy atom. The zero-order chi connectivity index (χ0) is 17.1. The zero-order valence-corrected chi connectivity index (χ0v) is 13.1. The Hall–Kier alpha value is -2.47. The molecule has 0 N–H and O–H groups in total. The highest BCUT2D eigenvalue weighted by Crippen LogP contribution is 2.05. The van der Waals surface area contributed by atoms with Gasteiger partial charge in [-0.3, -0.25) is 9.59 Å². The third kappa shape index (κ3) is 7.37. The molecule has 0 radical (unpaired) electrons. The highest BCUT2D eigenvalue weighted by molar-refractivity contribution is 5.99. The summed E-state index contributed by atoms with van der Waals surface area (Å²) in [5, 5.41) is 0. The molecular weight excluding hydrogens is 300 g/mol. The number of ether oxygens (including phenoxy) is 3. The topological polar surface area (TPSA) is 78.9 Å². The highest BCUT2D eigenvalue weighted by atomic mass is 16.6. The van der Waals surface area contributed by atoms with Crippen molar-refractivity contribution in [3.63, 3.8) is 0 Å². The summed E-state index contributed by atoms with van der Waals surface area (Å²) in [6.07, 6.45) is -0.287. The maximum atomic E-state index is 11.8. The zero-order valence-electron chi connectivity index (χ0n) is 13.1. The van der Waals surface area contributed by atoms with Crippen molar-refractivity contribution in [2.45, 2.75) is 13.3 Å². The van der Waals surface area contributed by atoms with Crippen LogP contribution in [-0.2, 0) is 23.8 Å². The van der Waals surface area contributed by atoms with E-state index < -0.39 is 18.5 Å². The molecule has 1 rings (SSSR count). The van der Waals surface area contributed by atoms with E-state index in [2.05, 4.69) is 6.58 Å². The summed E-state index contributed by atoms with van der Waals surface area (Å²) >= 11 is 0. The van der Waals surface area contributed by atoms with Crippen molar-refractivity contribution < 1.29 is 28.6 Å². The van der Waals surface area contributed by atoms with Crippen molar-refractivity contribution in [2.75, 3.05) is 26.4 Å². The van der Waals surface area contributed by atoms with E-state index in [1.807, 2.05) is 6.92 Å². The summed E-state index contributed by atoms with van der Waals surface area (Å²) in [5.74, 6) is -1.72. The molecule has 0 amide bonds. The van der Waals surface area contributed by atoms with Crippen LogP contribution in [0, 0.1) is 0 Å². The molecular formula is C17H20O6. The molecule has 0 aliphatic rings. The second-order valence-corrected chi connectivity index (χ2v) is 4.56. The molecule has 0 saturated heterocycles. The molecule has 0 spiro atoms. The largest absolute Gasteiger partial charge is 0.463 e. The Morgan fingerprint density at radius 2 is 1.74 bits per heavy atom. The minimum atomic E-state index is -0.795. The van der Waals surface area contributed by atoms with E-state index in [0.717, 1.165) is 0 Å². The van der Waals surface area contributed by atoms with Gasteiger partial charge in [-0.2, -0.15) is 0 Å². The molecule has 0 aromatic heterocycles. The van der Waals surface area contributed by atoms with Gasteiger partial charge in [-0.25, -0.2) is 4.79 Å². The van der Waals surface area contributed by atoms with E-state index in [1.54, 1.807) is 30.3 Å². The van der Waals surface area contributed by atoms with Crippen LogP contribution in [-0.4, -0.2) is 44.1 Å². The van der Waals surface area contributed by atoms with Crippen LogP contribution in [0.25, 0.3) is 0 Å². The lowest BCUT2D eigenvalue weighted by Gasteiger charge is -2.07. The number of Topliss-reactive ketones (excluding diaryl/α,β-unsaturated/α-hetero) is 1. The lowest BCUT2D eigenvalue weighted by Crippen LogP contribution is -2.18. The average Bonchev–Trinajstić information content (AvgIpc) is 2.57. The number of carbonyl (C=O) groups is 3. The van der Waals surface area contributed by atoms with E-state index in [0.29, 0.717) is 18.8 Å². The maximum Gasteiger partial charge on any atom is 0.334 e. The van der Waals surface area contributed by atoms with Crippen LogP contribution in [0.2, 0.25) is 0 Å². The fourth-order valence-corrected chi connectivity index (χ4v) is 1.60. The Balaban J connectivity index is 2.30. The van der Waals surface area contributed by atoms with E-state index in [9.17, 15) is 14.4 Å². The Morgan fingerprint density at radius 1 is 1.04 bits per heavy atom. The number of esters is 2. The molecule has 0 heterocycles. The fraction of sp³-hybridized carbons (Fsp3) is 0.353. The van der Waals surface area contributed by atoms with Gasteiger partial charge >= 0.3 is 11.9 Å². The van der Waals surface area contributed by atoms with Crippen LogP contribution in [0.4, 0.5) is 0 Å². The van der Waals surface area contributed by atoms with Gasteiger partial charge in [-0.05, 0) is 6.92 Å². The number of hydrogen-bond donors (Lipinski definition) is 0. The van der Waals surface area contributed by atoms with Crippen LogP contribution in [0.3, 0.4) is 0 Å². The molecule has 0 aliphatic heterocycles. The Bertz CT molecular complexity index is 549. The average molecular weight is 320 g/mol. The monoisotopic (exact) mass is 320 g/mol. The SMILES string of the molecule is C=C(CC(=O)OCCOCC)C(=O)OCC(=O)c1ccccc1. The van der Waals surface area contributed by atoms with Gasteiger partial charge in [-0.1, -0.05) is 36.9 Å². The van der Waals surface area contributed by atoms with E-state index >= 15 is 0 Å². The molecule has 6 heteroatoms. The summed E-state index contributed by atoms with van der Waals surface area (Å²) in [7, 11) is 0. The first-order valence-corrected chi connectivity index (χ1v) is 7.21. The van der Waals surface area contributed by atoms with Gasteiger partial charge in [0.15, 0.2) is 12.4 Å². The van der Waals surface area contributed by atoms with Gasteiger partial charge in [0.1, 0.15) is 6.61 Å². The van der Waals surface area contributed by atoms with Crippen molar-refractivity contribution in [3.8, 4) is 0 Å². The first kappa shape index (κ1) is 18.6. The third-order valence-corrected chi connectivity index (χ3v) is 2.77. The van der Waals surface area contributed by atoms with Gasteiger partial charge in [-0.15, -0.1) is 0 Å². The molecule has 1 aromatic rings. The quantitative estimate of drug-likeness (QED) is 0.284. The summed E-state index contributed by atoms with van der Waals surface area (Å²) in [6, 6.07) is 8.46. The van der Waals surface area contributed by atoms with Crippen LogP contribution in [0.15, 0.2) is 42.5 Å². The van der Waals surface area contributed by atoms with Gasteiger partial charge in [0, 0.05) is 17.7 Å². The third-order valence-electron chi connectivity index (χ3n) is 2.77. The molecule has 124 valence electrons. The number of carbonyl (C=O) groups excluding carboxylic acids is 3.